The molecule has 1 atom stereocenters. The van der Waals surface area contributed by atoms with Crippen molar-refractivity contribution in [1.29, 1.82) is 0 Å². The van der Waals surface area contributed by atoms with Crippen LogP contribution in [0.25, 0.3) is 11.4 Å². The zero-order valence-electron chi connectivity index (χ0n) is 8.51. The van der Waals surface area contributed by atoms with Crippen molar-refractivity contribution in [2.75, 3.05) is 6.54 Å². The van der Waals surface area contributed by atoms with E-state index in [0.29, 0.717) is 6.54 Å². The molecule has 0 aromatic carbocycles. The van der Waals surface area contributed by atoms with Crippen LogP contribution in [0.4, 0.5) is 0 Å². The Balaban J connectivity index is 2.28. The lowest BCUT2D eigenvalue weighted by Gasteiger charge is -2.02. The minimum absolute atomic E-state index is 0.232. The predicted octanol–water partition coefficient (Wildman–Crippen LogP) is 0.929. The zero-order chi connectivity index (χ0) is 10.7. The maximum Gasteiger partial charge on any atom is 0.110 e. The van der Waals surface area contributed by atoms with Crippen molar-refractivity contribution < 1.29 is 0 Å². The first-order chi connectivity index (χ1) is 7.31. The molecule has 3 N–H and O–H groups in total. The second kappa shape index (κ2) is 4.18. The molecular weight excluding hydrogens is 190 g/mol. The van der Waals surface area contributed by atoms with Gasteiger partial charge in [-0.25, -0.2) is 4.98 Å². The third kappa shape index (κ3) is 2.02. The summed E-state index contributed by atoms with van der Waals surface area (Å²) in [6.45, 7) is 2.60. The van der Waals surface area contributed by atoms with Gasteiger partial charge in [0.1, 0.15) is 11.5 Å². The van der Waals surface area contributed by atoms with E-state index in [1.54, 1.807) is 24.8 Å². The Labute approximate surface area is 87.8 Å². The Morgan fingerprint density at radius 1 is 1.33 bits per heavy atom. The summed E-state index contributed by atoms with van der Waals surface area (Å²) in [6.07, 6.45) is 6.75. The molecule has 5 heteroatoms. The fourth-order valence-corrected chi connectivity index (χ4v) is 1.27. The summed E-state index contributed by atoms with van der Waals surface area (Å²) in [5, 5.41) is 0. The lowest BCUT2D eigenvalue weighted by atomic mass is 10.2. The molecule has 0 aliphatic rings. The standard InChI is InChI=1S/C10H13N5/c1-7(4-11)10-14-6-9(15-10)8-5-12-2-3-13-8/h2-3,5-7H,4,11H2,1H3,(H,14,15). The van der Waals surface area contributed by atoms with Crippen LogP contribution in [0.15, 0.2) is 24.8 Å². The van der Waals surface area contributed by atoms with Gasteiger partial charge < -0.3 is 10.7 Å². The number of hydrogen-bond acceptors (Lipinski definition) is 4. The number of nitrogens with one attached hydrogen (secondary N) is 1. The average molecular weight is 203 g/mol. The first-order valence-corrected chi connectivity index (χ1v) is 4.82. The normalized spacial score (nSPS) is 12.7. The van der Waals surface area contributed by atoms with Gasteiger partial charge in [-0.15, -0.1) is 0 Å². The number of rotatable bonds is 3. The van der Waals surface area contributed by atoms with Crippen molar-refractivity contribution >= 4 is 0 Å². The first kappa shape index (κ1) is 9.79. The van der Waals surface area contributed by atoms with Gasteiger partial charge in [-0.05, 0) is 0 Å². The third-order valence-electron chi connectivity index (χ3n) is 2.25. The van der Waals surface area contributed by atoms with Gasteiger partial charge in [0.25, 0.3) is 0 Å². The summed E-state index contributed by atoms with van der Waals surface area (Å²) < 4.78 is 0. The van der Waals surface area contributed by atoms with E-state index in [2.05, 4.69) is 19.9 Å². The number of H-pyrrole nitrogens is 1. The second-order valence-corrected chi connectivity index (χ2v) is 3.41. The number of aromatic amines is 1. The van der Waals surface area contributed by atoms with Crippen LogP contribution in [0.5, 0.6) is 0 Å². The molecule has 5 nitrogen and oxygen atoms in total. The molecule has 2 rings (SSSR count). The van der Waals surface area contributed by atoms with Crippen LogP contribution in [0.3, 0.4) is 0 Å². The van der Waals surface area contributed by atoms with Crippen LogP contribution < -0.4 is 5.73 Å². The van der Waals surface area contributed by atoms with Crippen LogP contribution in [0.2, 0.25) is 0 Å². The van der Waals surface area contributed by atoms with Crippen molar-refractivity contribution in [3.63, 3.8) is 0 Å². The van der Waals surface area contributed by atoms with Crippen molar-refractivity contribution in [2.45, 2.75) is 12.8 Å². The highest BCUT2D eigenvalue weighted by Gasteiger charge is 2.09. The highest BCUT2D eigenvalue weighted by atomic mass is 14.9. The number of nitrogens with two attached hydrogens (primary N) is 1. The van der Waals surface area contributed by atoms with Gasteiger partial charge in [0, 0.05) is 24.9 Å². The summed E-state index contributed by atoms with van der Waals surface area (Å²) >= 11 is 0. The molecule has 1 unspecified atom stereocenters. The predicted molar refractivity (Wildman–Crippen MR) is 57.1 cm³/mol. The summed E-state index contributed by atoms with van der Waals surface area (Å²) in [6, 6.07) is 0. The highest BCUT2D eigenvalue weighted by Crippen LogP contribution is 2.16. The number of hydrogen-bond donors (Lipinski definition) is 2. The van der Waals surface area contributed by atoms with Gasteiger partial charge in [-0.1, -0.05) is 6.92 Å². The van der Waals surface area contributed by atoms with Gasteiger partial charge in [-0.2, -0.15) is 0 Å². The molecule has 0 radical (unpaired) electrons. The molecule has 78 valence electrons. The molecule has 0 saturated carbocycles. The molecule has 0 fully saturated rings. The van der Waals surface area contributed by atoms with Gasteiger partial charge in [-0.3, -0.25) is 9.97 Å². The molecule has 2 aromatic heterocycles. The Morgan fingerprint density at radius 2 is 2.20 bits per heavy atom. The summed E-state index contributed by atoms with van der Waals surface area (Å²) in [5.41, 5.74) is 7.23. The maximum atomic E-state index is 5.56. The van der Waals surface area contributed by atoms with E-state index in [4.69, 9.17) is 5.73 Å². The second-order valence-electron chi connectivity index (χ2n) is 3.41. The van der Waals surface area contributed by atoms with Crippen LogP contribution >= 0.6 is 0 Å². The fourth-order valence-electron chi connectivity index (χ4n) is 1.27. The molecule has 2 aromatic rings. The molecule has 0 spiro atoms. The first-order valence-electron chi connectivity index (χ1n) is 4.82. The molecule has 0 aliphatic carbocycles. The number of imidazole rings is 1. The minimum Gasteiger partial charge on any atom is -0.340 e. The van der Waals surface area contributed by atoms with E-state index in [1.807, 2.05) is 6.92 Å². The topological polar surface area (TPSA) is 80.5 Å². The maximum absolute atomic E-state index is 5.56. The fraction of sp³-hybridized carbons (Fsp3) is 0.300. The molecule has 15 heavy (non-hydrogen) atoms. The zero-order valence-corrected chi connectivity index (χ0v) is 8.51. The summed E-state index contributed by atoms with van der Waals surface area (Å²) in [7, 11) is 0. The third-order valence-corrected chi connectivity index (χ3v) is 2.25. The van der Waals surface area contributed by atoms with Gasteiger partial charge in [0.2, 0.25) is 0 Å². The largest absolute Gasteiger partial charge is 0.340 e. The molecule has 0 aliphatic heterocycles. The van der Waals surface area contributed by atoms with Crippen LogP contribution in [0, 0.1) is 0 Å². The van der Waals surface area contributed by atoms with Crippen molar-refractivity contribution in [2.24, 2.45) is 5.73 Å². The van der Waals surface area contributed by atoms with E-state index in [9.17, 15) is 0 Å². The molecule has 0 bridgehead atoms. The molecule has 2 heterocycles. The lowest BCUT2D eigenvalue weighted by molar-refractivity contribution is 0.725. The Morgan fingerprint density at radius 3 is 2.87 bits per heavy atom. The van der Waals surface area contributed by atoms with Crippen molar-refractivity contribution in [3.05, 3.63) is 30.6 Å². The average Bonchev–Trinajstić information content (AvgIpc) is 2.78. The van der Waals surface area contributed by atoms with E-state index < -0.39 is 0 Å². The van der Waals surface area contributed by atoms with E-state index in [0.717, 1.165) is 17.2 Å². The Bertz CT molecular complexity index is 422. The highest BCUT2D eigenvalue weighted by molar-refractivity contribution is 5.51. The van der Waals surface area contributed by atoms with Crippen LogP contribution in [-0.2, 0) is 0 Å². The SMILES string of the molecule is CC(CN)c1ncc(-c2cnccn2)[nH]1. The number of aromatic nitrogens is 4. The quantitative estimate of drug-likeness (QED) is 0.777. The summed E-state index contributed by atoms with van der Waals surface area (Å²) in [4.78, 5) is 15.6. The van der Waals surface area contributed by atoms with Crippen molar-refractivity contribution in [3.8, 4) is 11.4 Å². The van der Waals surface area contributed by atoms with E-state index in [1.165, 1.54) is 0 Å². The summed E-state index contributed by atoms with van der Waals surface area (Å²) in [5.74, 6) is 1.12. The van der Waals surface area contributed by atoms with E-state index in [-0.39, 0.29) is 5.92 Å². The van der Waals surface area contributed by atoms with Gasteiger partial charge in [0.05, 0.1) is 18.1 Å². The van der Waals surface area contributed by atoms with E-state index >= 15 is 0 Å². The molecular formula is C10H13N5. The Hall–Kier alpha value is -1.75. The lowest BCUT2D eigenvalue weighted by Crippen LogP contribution is -2.10. The molecule has 0 amide bonds. The number of nitrogens with zero attached hydrogens (tertiary/aromatic N) is 3. The minimum atomic E-state index is 0.232. The van der Waals surface area contributed by atoms with Gasteiger partial charge >= 0.3 is 0 Å². The van der Waals surface area contributed by atoms with Gasteiger partial charge in [0.15, 0.2) is 0 Å². The Kier molecular flexibility index (Phi) is 2.73. The van der Waals surface area contributed by atoms with Crippen LogP contribution in [0.1, 0.15) is 18.7 Å². The van der Waals surface area contributed by atoms with Crippen LogP contribution in [-0.4, -0.2) is 26.5 Å². The monoisotopic (exact) mass is 203 g/mol. The van der Waals surface area contributed by atoms with Crippen molar-refractivity contribution in [1.82, 2.24) is 19.9 Å². The smallest absolute Gasteiger partial charge is 0.110 e. The molecule has 0 saturated heterocycles.